The van der Waals surface area contributed by atoms with Crippen LogP contribution in [0.3, 0.4) is 0 Å². The second kappa shape index (κ2) is 7.02. The Morgan fingerprint density at radius 3 is 2.78 bits per heavy atom. The Hall–Kier alpha value is -2.05. The van der Waals surface area contributed by atoms with E-state index in [2.05, 4.69) is 10.3 Å². The SMILES string of the molecule is CCC1C(N)=N[C@](CF)(c2cc(NC=O)ccc2F)C[C@H]1CF. The number of rotatable bonds is 6. The van der Waals surface area contributed by atoms with E-state index >= 15 is 0 Å². The average molecular weight is 327 g/mol. The smallest absolute Gasteiger partial charge is 0.211 e. The molecule has 0 radical (unpaired) electrons. The van der Waals surface area contributed by atoms with Gasteiger partial charge in [-0.15, -0.1) is 0 Å². The number of nitrogens with two attached hydrogens (primary N) is 1. The first-order valence-electron chi connectivity index (χ1n) is 7.48. The van der Waals surface area contributed by atoms with Crippen LogP contribution in [0, 0.1) is 17.7 Å². The van der Waals surface area contributed by atoms with Crippen molar-refractivity contribution in [2.75, 3.05) is 18.7 Å². The van der Waals surface area contributed by atoms with E-state index in [1.807, 2.05) is 6.92 Å². The molecular weight excluding hydrogens is 307 g/mol. The predicted octanol–water partition coefficient (Wildman–Crippen LogP) is 2.93. The molecule has 0 aliphatic carbocycles. The molecule has 126 valence electrons. The number of aliphatic imine (C=N–C) groups is 1. The largest absolute Gasteiger partial charge is 0.387 e. The summed E-state index contributed by atoms with van der Waals surface area (Å²) in [5.74, 6) is -1.32. The van der Waals surface area contributed by atoms with E-state index in [1.54, 1.807) is 0 Å². The molecule has 0 fully saturated rings. The van der Waals surface area contributed by atoms with Crippen molar-refractivity contribution >= 4 is 17.9 Å². The van der Waals surface area contributed by atoms with Gasteiger partial charge in [-0.3, -0.25) is 14.2 Å². The molecule has 0 spiro atoms. The zero-order valence-electron chi connectivity index (χ0n) is 12.9. The van der Waals surface area contributed by atoms with Gasteiger partial charge in [-0.25, -0.2) is 8.78 Å². The highest BCUT2D eigenvalue weighted by atomic mass is 19.1. The Kier molecular flexibility index (Phi) is 5.28. The zero-order chi connectivity index (χ0) is 17.0. The van der Waals surface area contributed by atoms with Crippen LogP contribution in [0.25, 0.3) is 0 Å². The summed E-state index contributed by atoms with van der Waals surface area (Å²) in [4.78, 5) is 14.8. The van der Waals surface area contributed by atoms with Gasteiger partial charge in [0, 0.05) is 17.2 Å². The van der Waals surface area contributed by atoms with Crippen LogP contribution in [0.4, 0.5) is 18.9 Å². The monoisotopic (exact) mass is 327 g/mol. The average Bonchev–Trinajstić information content (AvgIpc) is 2.55. The van der Waals surface area contributed by atoms with E-state index in [0.717, 1.165) is 6.07 Å². The van der Waals surface area contributed by atoms with E-state index in [0.29, 0.717) is 18.5 Å². The summed E-state index contributed by atoms with van der Waals surface area (Å²) in [6.07, 6.45) is 1.05. The first kappa shape index (κ1) is 17.3. The maximum atomic E-state index is 14.3. The Balaban J connectivity index is 2.55. The molecule has 0 saturated carbocycles. The number of halogens is 3. The van der Waals surface area contributed by atoms with E-state index in [9.17, 15) is 18.0 Å². The van der Waals surface area contributed by atoms with Gasteiger partial charge in [-0.1, -0.05) is 6.92 Å². The maximum absolute atomic E-state index is 14.3. The van der Waals surface area contributed by atoms with Crippen molar-refractivity contribution in [2.24, 2.45) is 22.6 Å². The number of benzene rings is 1. The number of amides is 1. The molecule has 3 N–H and O–H groups in total. The van der Waals surface area contributed by atoms with E-state index in [4.69, 9.17) is 5.73 Å². The summed E-state index contributed by atoms with van der Waals surface area (Å²) in [5, 5.41) is 2.39. The van der Waals surface area contributed by atoms with Gasteiger partial charge >= 0.3 is 0 Å². The lowest BCUT2D eigenvalue weighted by atomic mass is 9.74. The fourth-order valence-corrected chi connectivity index (χ4v) is 3.26. The van der Waals surface area contributed by atoms with Gasteiger partial charge in [-0.2, -0.15) is 0 Å². The number of carbonyl (C=O) groups excluding carboxylic acids is 1. The minimum atomic E-state index is -1.56. The summed E-state index contributed by atoms with van der Waals surface area (Å²) >= 11 is 0. The molecular formula is C16H20F3N3O. The Morgan fingerprint density at radius 2 is 2.22 bits per heavy atom. The van der Waals surface area contributed by atoms with Crippen molar-refractivity contribution in [3.05, 3.63) is 29.6 Å². The first-order chi connectivity index (χ1) is 11.0. The van der Waals surface area contributed by atoms with Gasteiger partial charge in [0.25, 0.3) is 0 Å². The summed E-state index contributed by atoms with van der Waals surface area (Å²) in [6, 6.07) is 3.80. The van der Waals surface area contributed by atoms with Gasteiger partial charge in [0.05, 0.1) is 12.5 Å². The number of anilines is 1. The second-order valence-electron chi connectivity index (χ2n) is 5.79. The minimum Gasteiger partial charge on any atom is -0.387 e. The van der Waals surface area contributed by atoms with Crippen molar-refractivity contribution in [1.82, 2.24) is 0 Å². The van der Waals surface area contributed by atoms with E-state index in [-0.39, 0.29) is 23.7 Å². The van der Waals surface area contributed by atoms with Crippen molar-refractivity contribution < 1.29 is 18.0 Å². The van der Waals surface area contributed by atoms with Crippen LogP contribution >= 0.6 is 0 Å². The summed E-state index contributed by atoms with van der Waals surface area (Å²) < 4.78 is 41.6. The fourth-order valence-electron chi connectivity index (χ4n) is 3.26. The van der Waals surface area contributed by atoms with Gasteiger partial charge in [-0.05, 0) is 37.0 Å². The Labute approximate surface area is 133 Å². The number of amidine groups is 1. The van der Waals surface area contributed by atoms with Crippen LogP contribution in [0.2, 0.25) is 0 Å². The number of nitrogens with zero attached hydrogens (tertiary/aromatic N) is 1. The summed E-state index contributed by atoms with van der Waals surface area (Å²) in [7, 11) is 0. The molecule has 2 rings (SSSR count). The third-order valence-corrected chi connectivity index (χ3v) is 4.44. The molecule has 1 aliphatic rings. The lowest BCUT2D eigenvalue weighted by molar-refractivity contribution is -0.105. The number of hydrogen-bond acceptors (Lipinski definition) is 3. The van der Waals surface area contributed by atoms with Crippen LogP contribution in [-0.2, 0) is 10.3 Å². The van der Waals surface area contributed by atoms with Crippen LogP contribution in [-0.4, -0.2) is 25.6 Å². The molecule has 1 amide bonds. The second-order valence-corrected chi connectivity index (χ2v) is 5.79. The third-order valence-electron chi connectivity index (χ3n) is 4.44. The minimum absolute atomic E-state index is 0.0252. The third kappa shape index (κ3) is 3.18. The molecule has 4 nitrogen and oxygen atoms in total. The highest BCUT2D eigenvalue weighted by Crippen LogP contribution is 2.42. The topological polar surface area (TPSA) is 67.5 Å². The molecule has 0 saturated heterocycles. The summed E-state index contributed by atoms with van der Waals surface area (Å²) in [6.45, 7) is 0.180. The molecule has 1 heterocycles. The van der Waals surface area contributed by atoms with Crippen molar-refractivity contribution in [3.63, 3.8) is 0 Å². The van der Waals surface area contributed by atoms with Crippen molar-refractivity contribution in [3.8, 4) is 0 Å². The van der Waals surface area contributed by atoms with Crippen LogP contribution in [0.5, 0.6) is 0 Å². The Morgan fingerprint density at radius 1 is 1.48 bits per heavy atom. The summed E-state index contributed by atoms with van der Waals surface area (Å²) in [5.41, 5.74) is 4.64. The highest BCUT2D eigenvalue weighted by Gasteiger charge is 2.44. The standard InChI is InChI=1S/C16H20F3N3O/c1-2-12-10(7-17)6-16(8-18,22-15(12)20)13-5-11(21-9-23)3-4-14(13)19/h3-5,9-10,12H,2,6-8H2,1H3,(H2,20,22)(H,21,23)/t10-,12?,16+/m0/s1. The van der Waals surface area contributed by atoms with Gasteiger partial charge < -0.3 is 11.1 Å². The first-order valence-corrected chi connectivity index (χ1v) is 7.48. The lowest BCUT2D eigenvalue weighted by Gasteiger charge is -2.39. The van der Waals surface area contributed by atoms with Crippen LogP contribution < -0.4 is 11.1 Å². The Bertz CT molecular complexity index is 608. The molecule has 23 heavy (non-hydrogen) atoms. The fraction of sp³-hybridized carbons (Fsp3) is 0.500. The van der Waals surface area contributed by atoms with Gasteiger partial charge in [0.1, 0.15) is 18.0 Å². The lowest BCUT2D eigenvalue weighted by Crippen LogP contribution is -2.45. The molecule has 1 aromatic carbocycles. The van der Waals surface area contributed by atoms with Gasteiger partial charge in [0.15, 0.2) is 0 Å². The maximum Gasteiger partial charge on any atom is 0.211 e. The number of carbonyl (C=O) groups is 1. The van der Waals surface area contributed by atoms with Crippen LogP contribution in [0.1, 0.15) is 25.3 Å². The molecule has 3 atom stereocenters. The molecule has 1 aliphatic heterocycles. The zero-order valence-corrected chi connectivity index (χ0v) is 12.9. The molecule has 1 unspecified atom stereocenters. The van der Waals surface area contributed by atoms with Crippen molar-refractivity contribution in [2.45, 2.75) is 25.3 Å². The highest BCUT2D eigenvalue weighted by molar-refractivity contribution is 5.84. The molecule has 7 heteroatoms. The number of alkyl halides is 2. The number of nitrogens with one attached hydrogen (secondary N) is 1. The molecule has 1 aromatic rings. The quantitative estimate of drug-likeness (QED) is 0.789. The van der Waals surface area contributed by atoms with Crippen molar-refractivity contribution in [1.29, 1.82) is 0 Å². The van der Waals surface area contributed by atoms with E-state index in [1.165, 1.54) is 12.1 Å². The van der Waals surface area contributed by atoms with E-state index < -0.39 is 30.6 Å². The molecule has 0 bridgehead atoms. The van der Waals surface area contributed by atoms with Crippen LogP contribution in [0.15, 0.2) is 23.2 Å². The molecule has 0 aromatic heterocycles. The normalized spacial score (nSPS) is 27.4. The predicted molar refractivity (Wildman–Crippen MR) is 83.2 cm³/mol. The van der Waals surface area contributed by atoms with Gasteiger partial charge in [0.2, 0.25) is 6.41 Å². The number of hydrogen-bond donors (Lipinski definition) is 2.